The van der Waals surface area contributed by atoms with Gasteiger partial charge in [-0.2, -0.15) is 0 Å². The molecule has 1 N–H and O–H groups in total. The van der Waals surface area contributed by atoms with Gasteiger partial charge in [0.25, 0.3) is 5.69 Å². The maximum absolute atomic E-state index is 10.8. The maximum atomic E-state index is 10.8. The van der Waals surface area contributed by atoms with Crippen LogP contribution in [0.3, 0.4) is 0 Å². The van der Waals surface area contributed by atoms with E-state index in [0.29, 0.717) is 13.0 Å². The fraction of sp³-hybridized carbons (Fsp3) is 0.167. The summed E-state index contributed by atoms with van der Waals surface area (Å²) in [5.74, 6) is 0. The quantitative estimate of drug-likeness (QED) is 0.633. The topological polar surface area (TPSA) is 60.1 Å². The third-order valence-electron chi connectivity index (χ3n) is 2.48. The van der Waals surface area contributed by atoms with Crippen molar-refractivity contribution in [3.05, 3.63) is 64.5 Å². The number of nitro benzene ring substituents is 1. The van der Waals surface area contributed by atoms with Gasteiger partial charge in [-0.15, -0.1) is 0 Å². The summed E-state index contributed by atoms with van der Waals surface area (Å²) in [5.41, 5.74) is 4.06. The van der Waals surface area contributed by atoms with E-state index >= 15 is 0 Å². The van der Waals surface area contributed by atoms with Gasteiger partial charge in [-0.3, -0.25) is 14.8 Å². The van der Waals surface area contributed by atoms with Crippen molar-refractivity contribution in [1.29, 1.82) is 0 Å². The third kappa shape index (κ3) is 2.84. The van der Waals surface area contributed by atoms with Crippen LogP contribution in [0.2, 0.25) is 0 Å². The van der Waals surface area contributed by atoms with Crippen LogP contribution in [0.25, 0.3) is 0 Å². The molecule has 1 heterocycles. The molecule has 0 aliphatic carbocycles. The van der Waals surface area contributed by atoms with Crippen LogP contribution in [0, 0.1) is 10.1 Å². The Labute approximate surface area is 98.8 Å². The van der Waals surface area contributed by atoms with Crippen LogP contribution in [-0.4, -0.2) is 16.1 Å². The summed E-state index contributed by atoms with van der Waals surface area (Å²) in [5, 5.41) is 10.8. The number of hydrogen-bond acceptors (Lipinski definition) is 3. The molecular formula is C12H13N3O2. The lowest BCUT2D eigenvalue weighted by Gasteiger charge is -2.07. The SMILES string of the molecule is O=[N+]([O-])c1ccccc1CCNn1cccc1. The van der Waals surface area contributed by atoms with E-state index in [1.807, 2.05) is 35.3 Å². The Morgan fingerprint density at radius 3 is 2.59 bits per heavy atom. The molecule has 0 aliphatic rings. The lowest BCUT2D eigenvalue weighted by atomic mass is 10.1. The van der Waals surface area contributed by atoms with Gasteiger partial charge in [-0.05, 0) is 18.6 Å². The average molecular weight is 231 g/mol. The van der Waals surface area contributed by atoms with Crippen molar-refractivity contribution in [1.82, 2.24) is 4.68 Å². The highest BCUT2D eigenvalue weighted by molar-refractivity contribution is 5.40. The van der Waals surface area contributed by atoms with Crippen molar-refractivity contribution in [2.24, 2.45) is 0 Å². The molecule has 0 saturated carbocycles. The Morgan fingerprint density at radius 2 is 1.88 bits per heavy atom. The number of benzene rings is 1. The molecule has 5 heteroatoms. The van der Waals surface area contributed by atoms with Crippen LogP contribution in [0.1, 0.15) is 5.56 Å². The summed E-state index contributed by atoms with van der Waals surface area (Å²) in [4.78, 5) is 10.5. The molecule has 0 unspecified atom stereocenters. The zero-order chi connectivity index (χ0) is 12.1. The lowest BCUT2D eigenvalue weighted by Crippen LogP contribution is -2.15. The molecule has 0 saturated heterocycles. The monoisotopic (exact) mass is 231 g/mol. The van der Waals surface area contributed by atoms with Gasteiger partial charge in [-0.25, -0.2) is 0 Å². The first-order valence-electron chi connectivity index (χ1n) is 5.36. The minimum Gasteiger partial charge on any atom is -0.326 e. The first-order valence-corrected chi connectivity index (χ1v) is 5.36. The average Bonchev–Trinajstić information content (AvgIpc) is 2.82. The molecule has 0 amide bonds. The molecule has 1 aromatic heterocycles. The van der Waals surface area contributed by atoms with E-state index in [4.69, 9.17) is 0 Å². The molecule has 2 aromatic rings. The molecule has 0 radical (unpaired) electrons. The predicted molar refractivity (Wildman–Crippen MR) is 65.5 cm³/mol. The van der Waals surface area contributed by atoms with Gasteiger partial charge in [0.1, 0.15) is 0 Å². The normalized spacial score (nSPS) is 10.1. The third-order valence-corrected chi connectivity index (χ3v) is 2.48. The summed E-state index contributed by atoms with van der Waals surface area (Å²) in [6, 6.07) is 10.6. The minimum absolute atomic E-state index is 0.182. The highest BCUT2D eigenvalue weighted by atomic mass is 16.6. The van der Waals surface area contributed by atoms with E-state index < -0.39 is 0 Å². The van der Waals surface area contributed by atoms with E-state index in [-0.39, 0.29) is 10.6 Å². The summed E-state index contributed by atoms with van der Waals surface area (Å²) >= 11 is 0. The van der Waals surface area contributed by atoms with Crippen molar-refractivity contribution < 1.29 is 4.92 Å². The second kappa shape index (κ2) is 5.16. The fourth-order valence-electron chi connectivity index (χ4n) is 1.66. The van der Waals surface area contributed by atoms with E-state index in [2.05, 4.69) is 5.43 Å². The molecule has 0 fully saturated rings. The number of aromatic nitrogens is 1. The number of nitro groups is 1. The molecule has 5 nitrogen and oxygen atoms in total. The smallest absolute Gasteiger partial charge is 0.272 e. The van der Waals surface area contributed by atoms with Gasteiger partial charge < -0.3 is 5.43 Å². The van der Waals surface area contributed by atoms with Gasteiger partial charge in [-0.1, -0.05) is 18.2 Å². The molecule has 0 bridgehead atoms. The van der Waals surface area contributed by atoms with Crippen LogP contribution in [-0.2, 0) is 6.42 Å². The molecular weight excluding hydrogens is 218 g/mol. The first kappa shape index (κ1) is 11.2. The van der Waals surface area contributed by atoms with Gasteiger partial charge in [0.2, 0.25) is 0 Å². The van der Waals surface area contributed by atoms with Gasteiger partial charge in [0.15, 0.2) is 0 Å². The van der Waals surface area contributed by atoms with Crippen molar-refractivity contribution in [2.75, 3.05) is 12.0 Å². The Kier molecular flexibility index (Phi) is 3.40. The summed E-state index contributed by atoms with van der Waals surface area (Å²) in [6.07, 6.45) is 4.40. The molecule has 0 spiro atoms. The van der Waals surface area contributed by atoms with Gasteiger partial charge >= 0.3 is 0 Å². The van der Waals surface area contributed by atoms with Crippen LogP contribution in [0.5, 0.6) is 0 Å². The van der Waals surface area contributed by atoms with Crippen molar-refractivity contribution in [2.45, 2.75) is 6.42 Å². The Bertz CT molecular complexity index is 494. The van der Waals surface area contributed by atoms with E-state index in [0.717, 1.165) is 5.56 Å². The molecule has 1 aromatic carbocycles. The molecule has 17 heavy (non-hydrogen) atoms. The van der Waals surface area contributed by atoms with Crippen molar-refractivity contribution in [3.8, 4) is 0 Å². The molecule has 88 valence electrons. The number of hydrogen-bond donors (Lipinski definition) is 1. The molecule has 2 rings (SSSR count). The van der Waals surface area contributed by atoms with Crippen molar-refractivity contribution >= 4 is 5.69 Å². The van der Waals surface area contributed by atoms with Crippen LogP contribution in [0.4, 0.5) is 5.69 Å². The fourth-order valence-corrected chi connectivity index (χ4v) is 1.66. The van der Waals surface area contributed by atoms with E-state index in [1.165, 1.54) is 6.07 Å². The maximum Gasteiger partial charge on any atom is 0.272 e. The first-order chi connectivity index (χ1) is 8.27. The van der Waals surface area contributed by atoms with E-state index in [9.17, 15) is 10.1 Å². The Hall–Kier alpha value is -2.30. The highest BCUT2D eigenvalue weighted by Crippen LogP contribution is 2.17. The van der Waals surface area contributed by atoms with Gasteiger partial charge in [0.05, 0.1) is 4.92 Å². The summed E-state index contributed by atoms with van der Waals surface area (Å²) in [6.45, 7) is 0.652. The zero-order valence-electron chi connectivity index (χ0n) is 9.24. The molecule has 0 atom stereocenters. The largest absolute Gasteiger partial charge is 0.326 e. The predicted octanol–water partition coefficient (Wildman–Crippen LogP) is 2.18. The Balaban J connectivity index is 1.97. The number of para-hydroxylation sites is 1. The minimum atomic E-state index is -0.342. The number of nitrogens with one attached hydrogen (secondary N) is 1. The summed E-state index contributed by atoms with van der Waals surface area (Å²) in [7, 11) is 0. The highest BCUT2D eigenvalue weighted by Gasteiger charge is 2.11. The van der Waals surface area contributed by atoms with Crippen molar-refractivity contribution in [3.63, 3.8) is 0 Å². The standard InChI is InChI=1S/C12H13N3O2/c16-15(17)12-6-2-1-5-11(12)7-8-13-14-9-3-4-10-14/h1-6,9-10,13H,7-8H2. The second-order valence-corrected chi connectivity index (χ2v) is 3.63. The zero-order valence-corrected chi connectivity index (χ0v) is 9.24. The number of nitrogens with zero attached hydrogens (tertiary/aromatic N) is 2. The van der Waals surface area contributed by atoms with Crippen LogP contribution in [0.15, 0.2) is 48.8 Å². The van der Waals surface area contributed by atoms with Crippen LogP contribution >= 0.6 is 0 Å². The number of rotatable bonds is 5. The second-order valence-electron chi connectivity index (χ2n) is 3.63. The molecule has 0 aliphatic heterocycles. The Morgan fingerprint density at radius 1 is 1.18 bits per heavy atom. The lowest BCUT2D eigenvalue weighted by molar-refractivity contribution is -0.385. The summed E-state index contributed by atoms with van der Waals surface area (Å²) < 4.78 is 1.83. The van der Waals surface area contributed by atoms with E-state index in [1.54, 1.807) is 12.1 Å². The van der Waals surface area contributed by atoms with Crippen LogP contribution < -0.4 is 5.43 Å². The van der Waals surface area contributed by atoms with Gasteiger partial charge in [0, 0.05) is 30.6 Å².